The topological polar surface area (TPSA) is 139 Å². The highest BCUT2D eigenvalue weighted by molar-refractivity contribution is 7.93. The molecule has 0 aromatic heterocycles. The Bertz CT molecular complexity index is 638. The van der Waals surface area contributed by atoms with Gasteiger partial charge in [0.05, 0.1) is 0 Å². The fraction of sp³-hybridized carbons (Fsp3) is 0.375. The zero-order valence-electron chi connectivity index (χ0n) is 13.3. The molecule has 0 radical (unpaired) electrons. The van der Waals surface area contributed by atoms with E-state index in [0.717, 1.165) is 0 Å². The molecule has 2 atom stereocenters. The summed E-state index contributed by atoms with van der Waals surface area (Å²) in [6.07, 6.45) is -0.183. The number of benzene rings is 1. The summed E-state index contributed by atoms with van der Waals surface area (Å²) in [6.45, 7) is 1.91. The lowest BCUT2D eigenvalue weighted by Gasteiger charge is -2.27. The van der Waals surface area contributed by atoms with Gasteiger partial charge in [-0.2, -0.15) is 0 Å². The predicted octanol–water partition coefficient (Wildman–Crippen LogP) is 0.0258. The van der Waals surface area contributed by atoms with Gasteiger partial charge in [-0.15, -0.1) is 5.92 Å². The average Bonchev–Trinajstić information content (AvgIpc) is 2.54. The van der Waals surface area contributed by atoms with Crippen LogP contribution in [0, 0.1) is 11.8 Å². The summed E-state index contributed by atoms with van der Waals surface area (Å²) in [5, 5.41) is 10.4. The van der Waals surface area contributed by atoms with Crippen molar-refractivity contribution in [3.63, 3.8) is 0 Å². The molecule has 0 spiro atoms. The molecule has 0 aliphatic heterocycles. The Labute approximate surface area is 143 Å². The van der Waals surface area contributed by atoms with Gasteiger partial charge < -0.3 is 25.9 Å². The van der Waals surface area contributed by atoms with Gasteiger partial charge in [0.25, 0.3) is 0 Å². The van der Waals surface area contributed by atoms with Crippen LogP contribution < -0.4 is 16.2 Å². The van der Waals surface area contributed by atoms with Gasteiger partial charge in [-0.25, -0.2) is 0 Å². The maximum atomic E-state index is 12.5. The number of carbonyl (C=O) groups excluding carboxylic acids is 2. The van der Waals surface area contributed by atoms with E-state index >= 15 is 0 Å². The first kappa shape index (κ1) is 19.8. The molecule has 2 unspecified atom stereocenters. The molecule has 24 heavy (non-hydrogen) atoms. The molecule has 0 aliphatic rings. The van der Waals surface area contributed by atoms with E-state index in [0.29, 0.717) is 5.75 Å². The number of amides is 2. The van der Waals surface area contributed by atoms with E-state index in [9.17, 15) is 19.2 Å². The second-order valence-corrected chi connectivity index (χ2v) is 6.61. The Balaban J connectivity index is 2.85. The maximum Gasteiger partial charge on any atom is 0.307 e. The number of primary amides is 2. The van der Waals surface area contributed by atoms with Gasteiger partial charge in [-0.05, 0) is 37.6 Å². The third-order valence-electron chi connectivity index (χ3n) is 3.16. The molecule has 7 nitrogen and oxygen atoms in total. The van der Waals surface area contributed by atoms with E-state index in [1.54, 1.807) is 19.1 Å². The van der Waals surface area contributed by atoms with Gasteiger partial charge >= 0.3 is 10.8 Å². The van der Waals surface area contributed by atoms with E-state index in [-0.39, 0.29) is 30.8 Å². The number of ether oxygens (including phenoxy) is 1. The predicted molar refractivity (Wildman–Crippen MR) is 89.0 cm³/mol. The molecule has 1 rings (SSSR count). The first-order valence-corrected chi connectivity index (χ1v) is 8.31. The zero-order chi connectivity index (χ0) is 18.2. The third kappa shape index (κ3) is 5.45. The molecule has 2 amide bonds. The summed E-state index contributed by atoms with van der Waals surface area (Å²) in [6, 6.07) is 6.03. The molecule has 5 N–H and O–H groups in total. The Kier molecular flexibility index (Phi) is 7.58. The summed E-state index contributed by atoms with van der Waals surface area (Å²) in [4.78, 5) is 20.3. The molecule has 0 aliphatic carbocycles. The minimum absolute atomic E-state index is 0.0436. The van der Waals surface area contributed by atoms with Gasteiger partial charge in [0, 0.05) is 24.0 Å². The fourth-order valence-corrected chi connectivity index (χ4v) is 3.14. The normalized spacial score (nSPS) is 14.0. The number of nitrogens with two attached hydrogens (primary N) is 2. The van der Waals surface area contributed by atoms with Gasteiger partial charge in [0.15, 0.2) is 4.90 Å². The van der Waals surface area contributed by atoms with E-state index in [1.165, 1.54) is 12.1 Å². The summed E-state index contributed by atoms with van der Waals surface area (Å²) in [7, 11) is 0. The molecule has 0 bridgehead atoms. The van der Waals surface area contributed by atoms with Crippen LogP contribution in [0.2, 0.25) is 0 Å². The highest BCUT2D eigenvalue weighted by atomic mass is 32.2. The summed E-state index contributed by atoms with van der Waals surface area (Å²) in [5.74, 6) is 4.23. The van der Waals surface area contributed by atoms with Crippen molar-refractivity contribution in [1.29, 1.82) is 0 Å². The first-order valence-electron chi connectivity index (χ1n) is 7.16. The van der Waals surface area contributed by atoms with Gasteiger partial charge in [-0.1, -0.05) is 5.92 Å². The monoisotopic (exact) mass is 352 g/mol. The summed E-state index contributed by atoms with van der Waals surface area (Å²) < 4.78 is 17.9. The smallest absolute Gasteiger partial charge is 0.307 e. The van der Waals surface area contributed by atoms with Crippen LogP contribution >= 0.6 is 0 Å². The molecular weight excluding hydrogens is 332 g/mol. The number of hydrogen-bond acceptors (Lipinski definition) is 5. The van der Waals surface area contributed by atoms with Crippen molar-refractivity contribution in [3.05, 3.63) is 24.3 Å². The van der Waals surface area contributed by atoms with Crippen molar-refractivity contribution in [3.8, 4) is 17.6 Å². The summed E-state index contributed by atoms with van der Waals surface area (Å²) >= 11 is -2.10. The molecule has 0 saturated carbocycles. The Hall–Kier alpha value is -2.21. The fourth-order valence-electron chi connectivity index (χ4n) is 1.86. The largest absolute Gasteiger partial charge is 0.609 e. The van der Waals surface area contributed by atoms with Gasteiger partial charge in [0.2, 0.25) is 5.91 Å². The van der Waals surface area contributed by atoms with Crippen LogP contribution in [0.15, 0.2) is 29.2 Å². The minimum Gasteiger partial charge on any atom is -0.609 e. The minimum atomic E-state index is -2.27. The van der Waals surface area contributed by atoms with Crippen molar-refractivity contribution in [1.82, 2.24) is 0 Å². The van der Waals surface area contributed by atoms with Crippen LogP contribution in [-0.2, 0) is 20.8 Å². The molecule has 0 saturated heterocycles. The summed E-state index contributed by atoms with van der Waals surface area (Å²) in [5.41, 5.74) is 10.2. The second kappa shape index (κ2) is 9.17. The van der Waals surface area contributed by atoms with Crippen molar-refractivity contribution in [2.75, 3.05) is 6.61 Å². The van der Waals surface area contributed by atoms with Crippen LogP contribution in [0.5, 0.6) is 5.75 Å². The second-order valence-electron chi connectivity index (χ2n) is 4.92. The van der Waals surface area contributed by atoms with Crippen molar-refractivity contribution < 1.29 is 24.0 Å². The van der Waals surface area contributed by atoms with Crippen molar-refractivity contribution in [2.45, 2.75) is 36.0 Å². The van der Waals surface area contributed by atoms with Crippen LogP contribution in [0.4, 0.5) is 0 Å². The molecule has 1 aromatic carbocycles. The molecule has 0 heterocycles. The zero-order valence-corrected chi connectivity index (χ0v) is 14.1. The van der Waals surface area contributed by atoms with Crippen LogP contribution in [-0.4, -0.2) is 33.0 Å². The quantitative estimate of drug-likeness (QED) is 0.425. The Morgan fingerprint density at radius 3 is 2.46 bits per heavy atom. The standard InChI is InChI=1S/C16H20N2O5S/c1-2-3-11-23-12-6-8-13(9-7-12)24(22)16(21,15(18)20)10-4-5-14(17)19/h6-9,21H,4-5,10-11H2,1H3,(H2,17,19)(H2,18,20). The lowest BCUT2D eigenvalue weighted by atomic mass is 10.1. The van der Waals surface area contributed by atoms with E-state index in [2.05, 4.69) is 11.8 Å². The molecule has 1 aromatic rings. The molecule has 0 fully saturated rings. The van der Waals surface area contributed by atoms with Gasteiger partial charge in [0.1, 0.15) is 12.4 Å². The molecular formula is C16H20N2O5S. The Morgan fingerprint density at radius 1 is 1.33 bits per heavy atom. The number of carbonyl (C=O) groups is 2. The van der Waals surface area contributed by atoms with Crippen molar-refractivity contribution >= 4 is 23.0 Å². The Morgan fingerprint density at radius 2 is 1.96 bits per heavy atom. The first-order chi connectivity index (χ1) is 11.3. The lowest BCUT2D eigenvalue weighted by molar-refractivity contribution is -0.130. The number of hydrogen-bond donors (Lipinski definition) is 3. The van der Waals surface area contributed by atoms with Crippen molar-refractivity contribution in [2.24, 2.45) is 11.5 Å². The van der Waals surface area contributed by atoms with Crippen LogP contribution in [0.25, 0.3) is 0 Å². The van der Waals surface area contributed by atoms with E-state index in [4.69, 9.17) is 16.2 Å². The molecule has 8 heteroatoms. The maximum absolute atomic E-state index is 12.5. The molecule has 130 valence electrons. The van der Waals surface area contributed by atoms with Crippen LogP contribution in [0.1, 0.15) is 26.2 Å². The number of aliphatic hydroxyl groups is 1. The van der Waals surface area contributed by atoms with Gasteiger partial charge in [-0.3, -0.25) is 9.59 Å². The lowest BCUT2D eigenvalue weighted by Crippen LogP contribution is -2.50. The van der Waals surface area contributed by atoms with Crippen LogP contribution in [0.3, 0.4) is 0 Å². The average molecular weight is 352 g/mol. The number of rotatable bonds is 9. The highest BCUT2D eigenvalue weighted by Gasteiger charge is 2.47. The SMILES string of the molecule is CC#CCOc1ccc([S+]([O-])C(O)(CCCC(N)=O)C(N)=O)cc1. The van der Waals surface area contributed by atoms with E-state index in [1.807, 2.05) is 0 Å². The van der Waals surface area contributed by atoms with E-state index < -0.39 is 27.9 Å². The third-order valence-corrected chi connectivity index (χ3v) is 4.88. The highest BCUT2D eigenvalue weighted by Crippen LogP contribution is 2.29.